The van der Waals surface area contributed by atoms with Crippen molar-refractivity contribution in [1.82, 2.24) is 0 Å². The second kappa shape index (κ2) is 17.8. The van der Waals surface area contributed by atoms with Crippen LogP contribution >= 0.6 is 16.3 Å². The van der Waals surface area contributed by atoms with Crippen LogP contribution in [-0.4, -0.2) is 0 Å². The van der Waals surface area contributed by atoms with Gasteiger partial charge in [0, 0.05) is 0 Å². The Hall–Kier alpha value is -5.30. The predicted molar refractivity (Wildman–Crippen MR) is 178 cm³/mol. The average molecular weight is 942 g/mol. The molecule has 0 radical (unpaired) electrons. The molecule has 0 aliphatic carbocycles. The van der Waals surface area contributed by atoms with Gasteiger partial charge in [-0.15, -0.1) is 0 Å². The first-order valence-electron chi connectivity index (χ1n) is 16.2. The van der Waals surface area contributed by atoms with E-state index in [0.29, 0.717) is 0 Å². The molecular weight excluding hydrogens is 930 g/mol. The number of halogens is 20. The molecule has 0 unspecified atom stereocenters. The monoisotopic (exact) mass is 942 g/mol. The van der Waals surface area contributed by atoms with Crippen LogP contribution in [0, 0.1) is 116 Å². The van der Waals surface area contributed by atoms with E-state index in [1.807, 2.05) is 0 Å². The minimum absolute atomic E-state index is 0.689. The molecule has 0 saturated carbocycles. The molecule has 0 amide bonds. The van der Waals surface area contributed by atoms with Gasteiger partial charge >= 0.3 is 0 Å². The average Bonchev–Trinajstić information content (AvgIpc) is 3.27. The van der Waals surface area contributed by atoms with E-state index in [-0.39, 0.29) is 0 Å². The molecule has 0 bridgehead atoms. The van der Waals surface area contributed by atoms with Gasteiger partial charge in [-0.3, -0.25) is 0 Å². The normalized spacial score (nSPS) is 12.8. The largest absolute Gasteiger partial charge is 0.338 e. The minimum Gasteiger partial charge on any atom is -0.338 e. The fourth-order valence-electron chi connectivity index (χ4n) is 5.62. The summed E-state index contributed by atoms with van der Waals surface area (Å²) in [5.41, 5.74) is -1.38. The van der Waals surface area contributed by atoms with Crippen molar-refractivity contribution in [2.45, 2.75) is 12.2 Å². The van der Waals surface area contributed by atoms with Crippen molar-refractivity contribution < 1.29 is 96.9 Å². The maximum atomic E-state index is 15.6. The van der Waals surface area contributed by atoms with E-state index in [4.69, 9.17) is 9.05 Å². The van der Waals surface area contributed by atoms with Gasteiger partial charge in [-0.2, -0.15) is 0 Å². The molecule has 6 aromatic rings. The van der Waals surface area contributed by atoms with Crippen molar-refractivity contribution in [3.05, 3.63) is 188 Å². The maximum Gasteiger partial charge on any atom is 0.200 e. The molecule has 0 spiro atoms. The molecule has 62 heavy (non-hydrogen) atoms. The Bertz CT molecular complexity index is 2300. The Labute approximate surface area is 334 Å². The summed E-state index contributed by atoms with van der Waals surface area (Å²) in [5.74, 6) is -59.1. The summed E-state index contributed by atoms with van der Waals surface area (Å²) in [5, 5.41) is -9.80. The van der Waals surface area contributed by atoms with E-state index in [1.165, 1.54) is 0 Å². The summed E-state index contributed by atoms with van der Waals surface area (Å²) in [4.78, 5) is 0. The van der Waals surface area contributed by atoms with Gasteiger partial charge in [0.25, 0.3) is 0 Å². The van der Waals surface area contributed by atoms with Gasteiger partial charge in [0.05, 0.1) is 21.2 Å². The van der Waals surface area contributed by atoms with Crippen molar-refractivity contribution in [3.8, 4) is 0 Å². The van der Waals surface area contributed by atoms with Gasteiger partial charge in [-0.1, -0.05) is 60.7 Å². The summed E-state index contributed by atoms with van der Waals surface area (Å²) < 4.78 is 311. The van der Waals surface area contributed by atoms with Crippen LogP contribution in [0.15, 0.2) is 60.7 Å². The smallest absolute Gasteiger partial charge is 0.200 e. The fraction of sp³-hybridized carbons (Fsp3) is 0.0526. The SMILES string of the molecule is Fc1c(F)c(F)c(P(O[C@H](c2ccccc2)[C@H](OP(c2c(F)c(F)c(F)c(F)c2F)c2c(F)c(F)c(F)c(F)c2F)c2ccccc2)c2c(F)c(F)c(F)c(F)c2F)c(F)c1F. The zero-order chi connectivity index (χ0) is 45.8. The highest BCUT2D eigenvalue weighted by atomic mass is 31.1. The molecule has 0 N–H and O–H groups in total. The van der Waals surface area contributed by atoms with E-state index < -0.39 is 177 Å². The minimum atomic E-state index is -4.80. The Morgan fingerprint density at radius 2 is 0.403 bits per heavy atom. The quantitative estimate of drug-likeness (QED) is 0.0558. The van der Waals surface area contributed by atoms with E-state index >= 15 is 35.1 Å². The van der Waals surface area contributed by atoms with E-state index in [0.717, 1.165) is 60.7 Å². The Morgan fingerprint density at radius 3 is 0.581 bits per heavy atom. The zero-order valence-corrected chi connectivity index (χ0v) is 31.0. The second-order valence-electron chi connectivity index (χ2n) is 12.1. The van der Waals surface area contributed by atoms with Gasteiger partial charge in [0.1, 0.15) is 28.5 Å². The van der Waals surface area contributed by atoms with Crippen molar-refractivity contribution in [2.24, 2.45) is 0 Å². The fourth-order valence-corrected chi connectivity index (χ4v) is 9.61. The first-order chi connectivity index (χ1) is 29.1. The van der Waals surface area contributed by atoms with Crippen molar-refractivity contribution in [3.63, 3.8) is 0 Å². The maximum absolute atomic E-state index is 15.6. The van der Waals surface area contributed by atoms with Crippen molar-refractivity contribution in [1.29, 1.82) is 0 Å². The number of hydrogen-bond acceptors (Lipinski definition) is 2. The lowest BCUT2D eigenvalue weighted by molar-refractivity contribution is 0.0742. The van der Waals surface area contributed by atoms with E-state index in [2.05, 4.69) is 0 Å². The number of rotatable bonds is 11. The van der Waals surface area contributed by atoms with Crippen LogP contribution in [0.25, 0.3) is 0 Å². The molecule has 0 saturated heterocycles. The van der Waals surface area contributed by atoms with Crippen LogP contribution in [0.2, 0.25) is 0 Å². The zero-order valence-electron chi connectivity index (χ0n) is 29.2. The number of benzene rings is 6. The van der Waals surface area contributed by atoms with Crippen LogP contribution in [-0.2, 0) is 9.05 Å². The molecule has 0 heterocycles. The van der Waals surface area contributed by atoms with Gasteiger partial charge in [-0.25, -0.2) is 87.8 Å². The summed E-state index contributed by atoms with van der Waals surface area (Å²) in [6.45, 7) is 0. The van der Waals surface area contributed by atoms with E-state index in [9.17, 15) is 52.7 Å². The molecule has 0 aromatic heterocycles. The van der Waals surface area contributed by atoms with Crippen molar-refractivity contribution >= 4 is 37.5 Å². The Balaban J connectivity index is 1.75. The van der Waals surface area contributed by atoms with Crippen LogP contribution in [0.4, 0.5) is 87.8 Å². The van der Waals surface area contributed by atoms with Crippen LogP contribution in [0.1, 0.15) is 23.3 Å². The molecule has 2 nitrogen and oxygen atoms in total. The molecule has 24 heteroatoms. The van der Waals surface area contributed by atoms with Crippen LogP contribution in [0.3, 0.4) is 0 Å². The molecule has 6 aromatic carbocycles. The third-order valence-corrected chi connectivity index (χ3v) is 12.6. The second-order valence-corrected chi connectivity index (χ2v) is 15.5. The molecule has 0 aliphatic heterocycles. The highest BCUT2D eigenvalue weighted by Crippen LogP contribution is 2.54. The highest BCUT2D eigenvalue weighted by Gasteiger charge is 2.45. The van der Waals surface area contributed by atoms with Crippen molar-refractivity contribution in [2.75, 3.05) is 0 Å². The highest BCUT2D eigenvalue weighted by molar-refractivity contribution is 7.69. The lowest BCUT2D eigenvalue weighted by atomic mass is 9.98. The van der Waals surface area contributed by atoms with Gasteiger partial charge in [0.15, 0.2) is 93.1 Å². The number of hydrogen-bond donors (Lipinski definition) is 0. The van der Waals surface area contributed by atoms with Gasteiger partial charge in [0.2, 0.25) is 23.3 Å². The molecular formula is C38H12F20O2P2. The molecule has 2 atom stereocenters. The summed E-state index contributed by atoms with van der Waals surface area (Å²) >= 11 is 0. The summed E-state index contributed by atoms with van der Waals surface area (Å²) in [7, 11) is -9.60. The molecule has 0 aliphatic rings. The molecule has 326 valence electrons. The lowest BCUT2D eigenvalue weighted by Gasteiger charge is -2.35. The topological polar surface area (TPSA) is 18.5 Å². The Kier molecular flexibility index (Phi) is 13.3. The molecule has 6 rings (SSSR count). The van der Waals surface area contributed by atoms with Gasteiger partial charge in [-0.05, 0) is 11.1 Å². The van der Waals surface area contributed by atoms with Gasteiger partial charge < -0.3 is 9.05 Å². The van der Waals surface area contributed by atoms with Crippen LogP contribution in [0.5, 0.6) is 0 Å². The third-order valence-electron chi connectivity index (χ3n) is 8.53. The van der Waals surface area contributed by atoms with Crippen LogP contribution < -0.4 is 21.2 Å². The third kappa shape index (κ3) is 7.75. The van der Waals surface area contributed by atoms with E-state index in [1.54, 1.807) is 0 Å². The summed E-state index contributed by atoms with van der Waals surface area (Å²) in [6, 6.07) is 9.64. The summed E-state index contributed by atoms with van der Waals surface area (Å²) in [6.07, 6.45) is -5.61. The molecule has 0 fully saturated rings. The Morgan fingerprint density at radius 1 is 0.242 bits per heavy atom. The first-order valence-corrected chi connectivity index (χ1v) is 18.8. The standard InChI is InChI=1S/C38H12F20O2P2/c39-13-17(43)25(51)35(26(52)18(13)44)61(36-27(53)19(45)14(40)20(46)28(36)54)59-33(11-7-3-1-4-8-11)34(12-9-5-2-6-10-12)60-62(37-29(55)21(47)15(41)22(48)30(37)56)38-31(57)23(49)16(42)24(50)32(38)58/h1-10,33-34H/t33-,34-/m1/s1. The predicted octanol–water partition coefficient (Wildman–Crippen LogP) is 11.4. The first kappa shape index (κ1) is 46.2. The lowest BCUT2D eigenvalue weighted by Crippen LogP contribution is -2.33.